The summed E-state index contributed by atoms with van der Waals surface area (Å²) in [5.74, 6) is -1.38. The largest absolute Gasteiger partial charge is 0.507 e. The fraction of sp³-hybridized carbons (Fsp3) is 0.391. The van der Waals surface area contributed by atoms with Crippen molar-refractivity contribution in [2.24, 2.45) is 5.41 Å². The lowest BCUT2D eigenvalue weighted by molar-refractivity contribution is -0.137. The second kappa shape index (κ2) is 8.90. The molecule has 0 aliphatic heterocycles. The maximum absolute atomic E-state index is 13.3. The molecule has 0 saturated carbocycles. The van der Waals surface area contributed by atoms with E-state index in [4.69, 9.17) is 4.74 Å². The Hall–Kier alpha value is -2.83. The number of Topliss-reactive ketones (excluding diaryl/α,β-unsaturated/α-hetero) is 1. The number of rotatable bonds is 7. The minimum absolute atomic E-state index is 0.155. The third-order valence-electron chi connectivity index (χ3n) is 5.55. The summed E-state index contributed by atoms with van der Waals surface area (Å²) in [6.45, 7) is 5.38. The highest BCUT2D eigenvalue weighted by Gasteiger charge is 2.49. The Kier molecular flexibility index (Phi) is 6.95. The number of hydrogen-bond donors (Lipinski definition) is 1. The van der Waals surface area contributed by atoms with Gasteiger partial charge in [0.05, 0.1) is 18.1 Å². The Bertz CT molecular complexity index is 932. The number of ether oxygens (including phenoxy) is 1. The number of aliphatic hydroxyl groups excluding tert-OH is 1. The number of allylic oxidation sites excluding steroid dienone is 4. The highest BCUT2D eigenvalue weighted by Crippen LogP contribution is 2.46. The van der Waals surface area contributed by atoms with Gasteiger partial charge in [0.1, 0.15) is 17.1 Å². The van der Waals surface area contributed by atoms with Gasteiger partial charge < -0.3 is 9.84 Å². The van der Waals surface area contributed by atoms with Crippen LogP contribution in [0.5, 0.6) is 0 Å². The molecule has 7 heteroatoms. The van der Waals surface area contributed by atoms with Crippen molar-refractivity contribution in [2.45, 2.75) is 46.2 Å². The van der Waals surface area contributed by atoms with Crippen LogP contribution in [-0.2, 0) is 20.5 Å². The number of aliphatic hydroxyl groups is 1. The van der Waals surface area contributed by atoms with Crippen molar-refractivity contribution in [1.82, 2.24) is 0 Å². The minimum Gasteiger partial charge on any atom is -0.507 e. The van der Waals surface area contributed by atoms with E-state index in [1.54, 1.807) is 20.8 Å². The Morgan fingerprint density at radius 2 is 1.83 bits per heavy atom. The maximum atomic E-state index is 13.3. The predicted molar refractivity (Wildman–Crippen MR) is 107 cm³/mol. The van der Waals surface area contributed by atoms with Crippen LogP contribution in [0, 0.1) is 5.41 Å². The molecular formula is C23H25F3O4. The number of carbonyl (C=O) groups is 2. The van der Waals surface area contributed by atoms with Gasteiger partial charge in [-0.3, -0.25) is 9.59 Å². The molecule has 1 aromatic rings. The zero-order chi connectivity index (χ0) is 22.7. The van der Waals surface area contributed by atoms with Crippen LogP contribution >= 0.6 is 0 Å². The van der Waals surface area contributed by atoms with Crippen LogP contribution in [-0.4, -0.2) is 23.8 Å². The molecule has 0 saturated heterocycles. The molecule has 0 atom stereocenters. The van der Waals surface area contributed by atoms with Gasteiger partial charge in [0.2, 0.25) is 0 Å². The molecule has 30 heavy (non-hydrogen) atoms. The molecule has 0 radical (unpaired) electrons. The van der Waals surface area contributed by atoms with Crippen LogP contribution in [0.2, 0.25) is 0 Å². The molecule has 0 heterocycles. The Morgan fingerprint density at radius 3 is 2.33 bits per heavy atom. The van der Waals surface area contributed by atoms with Crippen LogP contribution in [0.1, 0.15) is 51.2 Å². The first kappa shape index (κ1) is 23.4. The molecule has 0 unspecified atom stereocenters. The Labute approximate surface area is 173 Å². The molecule has 0 amide bonds. The fourth-order valence-corrected chi connectivity index (χ4v) is 3.84. The SMILES string of the molecule is CCC1=C(OC)C(CC)(CC)C(=O)C(C(=O)/C=C/c2cccc(C(F)(F)F)c2)=C1O. The first-order valence-corrected chi connectivity index (χ1v) is 9.73. The summed E-state index contributed by atoms with van der Waals surface area (Å²) in [5, 5.41) is 10.7. The molecule has 162 valence electrons. The molecule has 1 aliphatic carbocycles. The van der Waals surface area contributed by atoms with E-state index in [0.717, 1.165) is 18.2 Å². The van der Waals surface area contributed by atoms with Crippen LogP contribution in [0.4, 0.5) is 13.2 Å². The normalized spacial score (nSPS) is 17.1. The van der Waals surface area contributed by atoms with Gasteiger partial charge in [0.25, 0.3) is 0 Å². The van der Waals surface area contributed by atoms with Crippen molar-refractivity contribution in [3.63, 3.8) is 0 Å². The van der Waals surface area contributed by atoms with E-state index in [9.17, 15) is 27.9 Å². The van der Waals surface area contributed by atoms with Crippen molar-refractivity contribution in [3.05, 3.63) is 64.1 Å². The number of halogens is 3. The fourth-order valence-electron chi connectivity index (χ4n) is 3.84. The number of ketones is 2. The van der Waals surface area contributed by atoms with Crippen molar-refractivity contribution in [2.75, 3.05) is 7.11 Å². The summed E-state index contributed by atoms with van der Waals surface area (Å²) in [5.41, 5.74) is -1.73. The zero-order valence-electron chi connectivity index (χ0n) is 17.4. The predicted octanol–water partition coefficient (Wildman–Crippen LogP) is 5.80. The van der Waals surface area contributed by atoms with Crippen molar-refractivity contribution in [1.29, 1.82) is 0 Å². The first-order valence-electron chi connectivity index (χ1n) is 9.73. The Balaban J connectivity index is 2.51. The van der Waals surface area contributed by atoms with Gasteiger partial charge >= 0.3 is 6.18 Å². The lowest BCUT2D eigenvalue weighted by Crippen LogP contribution is -2.40. The van der Waals surface area contributed by atoms with Crippen molar-refractivity contribution >= 4 is 17.6 Å². The molecule has 4 nitrogen and oxygen atoms in total. The molecule has 2 rings (SSSR count). The lowest BCUT2D eigenvalue weighted by Gasteiger charge is -2.37. The van der Waals surface area contributed by atoms with E-state index < -0.39 is 34.5 Å². The standard InChI is InChI=1S/C23H25F3O4/c1-5-16-19(28)18(20(29)22(6-2,7-3)21(16)30-4)17(27)12-11-14-9-8-10-15(13-14)23(24,25)26/h8-13,28H,5-7H2,1-4H3/b12-11+. The number of alkyl halides is 3. The van der Waals surface area contributed by atoms with Crippen molar-refractivity contribution in [3.8, 4) is 0 Å². The lowest BCUT2D eigenvalue weighted by atomic mass is 9.68. The monoisotopic (exact) mass is 422 g/mol. The first-order chi connectivity index (χ1) is 14.1. The summed E-state index contributed by atoms with van der Waals surface area (Å²) in [7, 11) is 1.42. The summed E-state index contributed by atoms with van der Waals surface area (Å²) < 4.78 is 44.1. The van der Waals surface area contributed by atoms with Crippen LogP contribution < -0.4 is 0 Å². The average Bonchev–Trinajstić information content (AvgIpc) is 2.72. The molecular weight excluding hydrogens is 397 g/mol. The summed E-state index contributed by atoms with van der Waals surface area (Å²) in [6, 6.07) is 4.49. The Morgan fingerprint density at radius 1 is 1.20 bits per heavy atom. The zero-order valence-corrected chi connectivity index (χ0v) is 17.4. The highest BCUT2D eigenvalue weighted by molar-refractivity contribution is 6.28. The topological polar surface area (TPSA) is 63.6 Å². The third-order valence-corrected chi connectivity index (χ3v) is 5.55. The van der Waals surface area contributed by atoms with Gasteiger partial charge in [-0.25, -0.2) is 0 Å². The molecule has 0 fully saturated rings. The van der Waals surface area contributed by atoms with Crippen LogP contribution in [0.15, 0.2) is 53.0 Å². The smallest absolute Gasteiger partial charge is 0.416 e. The van der Waals surface area contributed by atoms with E-state index in [0.29, 0.717) is 30.6 Å². The van der Waals surface area contributed by atoms with Gasteiger partial charge in [0.15, 0.2) is 11.6 Å². The van der Waals surface area contributed by atoms with Crippen LogP contribution in [0.25, 0.3) is 6.08 Å². The quantitative estimate of drug-likeness (QED) is 0.446. The van der Waals surface area contributed by atoms with E-state index in [1.165, 1.54) is 25.3 Å². The molecule has 1 N–H and O–H groups in total. The third kappa shape index (κ3) is 4.06. The molecule has 0 bridgehead atoms. The average molecular weight is 422 g/mol. The van der Waals surface area contributed by atoms with Gasteiger partial charge in [0, 0.05) is 5.57 Å². The maximum Gasteiger partial charge on any atom is 0.416 e. The summed E-state index contributed by atoms with van der Waals surface area (Å²) in [4.78, 5) is 26.1. The molecule has 0 spiro atoms. The number of benzene rings is 1. The van der Waals surface area contributed by atoms with E-state index in [1.807, 2.05) is 0 Å². The number of carbonyl (C=O) groups excluding carboxylic acids is 2. The second-order valence-corrected chi connectivity index (χ2v) is 7.03. The minimum atomic E-state index is -4.51. The van der Waals surface area contributed by atoms with Crippen molar-refractivity contribution < 1.29 is 32.6 Å². The number of hydrogen-bond acceptors (Lipinski definition) is 4. The second-order valence-electron chi connectivity index (χ2n) is 7.03. The molecule has 0 aromatic heterocycles. The van der Waals surface area contributed by atoms with E-state index in [2.05, 4.69) is 0 Å². The van der Waals surface area contributed by atoms with Crippen LogP contribution in [0.3, 0.4) is 0 Å². The molecule has 1 aliphatic rings. The van der Waals surface area contributed by atoms with E-state index in [-0.39, 0.29) is 11.1 Å². The van der Waals surface area contributed by atoms with Gasteiger partial charge in [-0.1, -0.05) is 39.0 Å². The highest BCUT2D eigenvalue weighted by atomic mass is 19.4. The van der Waals surface area contributed by atoms with E-state index >= 15 is 0 Å². The molecule has 1 aromatic carbocycles. The summed E-state index contributed by atoms with van der Waals surface area (Å²) in [6.07, 6.45) is -1.20. The van der Waals surface area contributed by atoms with Gasteiger partial charge in [-0.15, -0.1) is 0 Å². The number of methoxy groups -OCH3 is 1. The van der Waals surface area contributed by atoms with Gasteiger partial charge in [-0.05, 0) is 43.0 Å². The van der Waals surface area contributed by atoms with Gasteiger partial charge in [-0.2, -0.15) is 13.2 Å². The summed E-state index contributed by atoms with van der Waals surface area (Å²) >= 11 is 0.